The summed E-state index contributed by atoms with van der Waals surface area (Å²) < 4.78 is 45.8. The molecule has 0 atom stereocenters. The van der Waals surface area contributed by atoms with Crippen LogP contribution in [-0.2, 0) is 32.7 Å². The molecule has 127 valence electrons. The Balaban J connectivity index is 0.00000288. The van der Waals surface area contributed by atoms with Gasteiger partial charge >= 0.3 is 0 Å². The first-order valence-electron chi connectivity index (χ1n) is 6.91. The molecule has 0 saturated carbocycles. The monoisotopic (exact) mass is 429 g/mol. The van der Waals surface area contributed by atoms with Gasteiger partial charge in [-0.2, -0.15) is 12.2 Å². The quantitative estimate of drug-likeness (QED) is 0.480. The zero-order valence-corrected chi connectivity index (χ0v) is 17.1. The largest absolute Gasteiger partial charge is 0.495 e. The summed E-state index contributed by atoms with van der Waals surface area (Å²) in [5.41, 5.74) is 1.43. The van der Waals surface area contributed by atoms with Gasteiger partial charge in [-0.1, -0.05) is 25.3 Å². The van der Waals surface area contributed by atoms with Crippen LogP contribution in [0.15, 0.2) is 42.1 Å². The molecule has 0 saturated heterocycles. The summed E-state index contributed by atoms with van der Waals surface area (Å²) in [5, 5.41) is 0. The fourth-order valence-electron chi connectivity index (χ4n) is 2.21. The third kappa shape index (κ3) is 4.90. The Kier molecular flexibility index (Phi) is 8.61. The number of alkyl halides is 2. The van der Waals surface area contributed by atoms with Gasteiger partial charge in [0.1, 0.15) is 5.94 Å². The molecular weight excluding hydrogens is 412 g/mol. The van der Waals surface area contributed by atoms with E-state index in [9.17, 15) is 13.2 Å². The number of benzene rings is 1. The van der Waals surface area contributed by atoms with E-state index in [0.717, 1.165) is 0 Å². The molecule has 24 heavy (non-hydrogen) atoms. The van der Waals surface area contributed by atoms with Crippen molar-refractivity contribution >= 4 is 17.5 Å². The molecule has 2 nitrogen and oxygen atoms in total. The van der Waals surface area contributed by atoms with Gasteiger partial charge in [0.05, 0.1) is 18.1 Å². The van der Waals surface area contributed by atoms with Gasteiger partial charge in [0, 0.05) is 32.7 Å². The number of nitrogens with zero attached hydrogens (tertiary/aromatic N) is 1. The predicted octanol–water partition coefficient (Wildman–Crippen LogP) is 4.71. The predicted molar refractivity (Wildman–Crippen MR) is 87.7 cm³/mol. The Bertz CT molecular complexity index is 661. The van der Waals surface area contributed by atoms with Crippen LogP contribution < -0.4 is 4.74 Å². The molecule has 1 heterocycles. The van der Waals surface area contributed by atoms with Gasteiger partial charge in [-0.25, -0.2) is 13.2 Å². The molecule has 1 radical (unpaired) electrons. The summed E-state index contributed by atoms with van der Waals surface area (Å²) in [4.78, 5) is 1.28. The van der Waals surface area contributed by atoms with Crippen molar-refractivity contribution in [3.63, 3.8) is 0 Å². The van der Waals surface area contributed by atoms with Crippen LogP contribution in [0.5, 0.6) is 5.75 Å². The zero-order chi connectivity index (χ0) is 17.0. The Morgan fingerprint density at radius 1 is 1.38 bits per heavy atom. The van der Waals surface area contributed by atoms with Gasteiger partial charge in [0.25, 0.3) is 6.43 Å². The second-order valence-corrected chi connectivity index (χ2v) is 5.75. The summed E-state index contributed by atoms with van der Waals surface area (Å²) in [6.45, 7) is 4.99. The molecular formula is C17H17F3NOSY-. The van der Waals surface area contributed by atoms with Crippen molar-refractivity contribution in [2.75, 3.05) is 18.7 Å². The van der Waals surface area contributed by atoms with E-state index < -0.39 is 18.8 Å². The van der Waals surface area contributed by atoms with Crippen LogP contribution in [0.4, 0.5) is 13.2 Å². The molecule has 0 spiro atoms. The molecule has 1 aromatic rings. The van der Waals surface area contributed by atoms with E-state index in [-0.39, 0.29) is 44.0 Å². The summed E-state index contributed by atoms with van der Waals surface area (Å²) in [6, 6.07) is 4.40. The maximum atomic E-state index is 14.4. The zero-order valence-electron chi connectivity index (χ0n) is 13.5. The number of hydrogen-bond acceptors (Lipinski definition) is 3. The van der Waals surface area contributed by atoms with Crippen molar-refractivity contribution in [3.8, 4) is 5.75 Å². The van der Waals surface area contributed by atoms with Gasteiger partial charge < -0.3 is 9.64 Å². The Hall–Kier alpha value is -0.716. The molecule has 0 unspecified atom stereocenters. The molecule has 0 amide bonds. The van der Waals surface area contributed by atoms with E-state index in [2.05, 4.69) is 12.7 Å². The molecule has 0 aliphatic carbocycles. The molecule has 0 bridgehead atoms. The van der Waals surface area contributed by atoms with Gasteiger partial charge in [-0.05, 0) is 29.6 Å². The Morgan fingerprint density at radius 3 is 2.71 bits per heavy atom. The number of thioether (sulfide) groups is 1. The average molecular weight is 429 g/mol. The summed E-state index contributed by atoms with van der Waals surface area (Å²) in [6.07, 6.45) is 3.77. The third-order valence-corrected chi connectivity index (χ3v) is 3.69. The summed E-state index contributed by atoms with van der Waals surface area (Å²) >= 11 is 1.43. The molecule has 2 rings (SSSR count). The number of allylic oxidation sites excluding steroid dienone is 3. The van der Waals surface area contributed by atoms with Crippen LogP contribution in [0.25, 0.3) is 5.70 Å². The van der Waals surface area contributed by atoms with Crippen LogP contribution in [-0.4, -0.2) is 30.1 Å². The summed E-state index contributed by atoms with van der Waals surface area (Å²) in [7, 11) is 0. The van der Waals surface area contributed by atoms with E-state index in [0.29, 0.717) is 23.0 Å². The van der Waals surface area contributed by atoms with Gasteiger partial charge in [-0.15, -0.1) is 17.3 Å². The molecule has 1 aromatic carbocycles. The standard InChI is InChI=1S/C17H17F3NOS.Y/c1-11-7-8-14(21(12(11)2)9-16(19)20)17-13(18)5-4-6-15(17)22-10-23-3;/h4-7,16H,2,9-10H2,1,3H3;/q-1;. The van der Waals surface area contributed by atoms with Crippen LogP contribution in [0, 0.1) is 11.9 Å². The minimum absolute atomic E-state index is 0. The number of halogens is 3. The first-order valence-corrected chi connectivity index (χ1v) is 8.31. The van der Waals surface area contributed by atoms with Crippen molar-refractivity contribution in [1.29, 1.82) is 0 Å². The van der Waals surface area contributed by atoms with E-state index in [4.69, 9.17) is 4.74 Å². The second-order valence-electron chi connectivity index (χ2n) is 4.93. The number of rotatable bonds is 6. The second kappa shape index (κ2) is 9.69. The van der Waals surface area contributed by atoms with E-state index in [1.165, 1.54) is 28.8 Å². The molecule has 0 N–H and O–H groups in total. The van der Waals surface area contributed by atoms with Crippen LogP contribution in [0.3, 0.4) is 0 Å². The Morgan fingerprint density at radius 2 is 2.08 bits per heavy atom. The van der Waals surface area contributed by atoms with Gasteiger partial charge in [0.15, 0.2) is 0 Å². The van der Waals surface area contributed by atoms with Crippen LogP contribution in [0.1, 0.15) is 12.5 Å². The van der Waals surface area contributed by atoms with E-state index in [1.807, 2.05) is 6.26 Å². The first kappa shape index (κ1) is 21.3. The van der Waals surface area contributed by atoms with Crippen LogP contribution in [0.2, 0.25) is 0 Å². The SMILES string of the molecule is C=C1C(C)=C[C-]=C(c2c(F)cccc2OCSC)N1CC(F)F.[Y]. The fourth-order valence-corrected chi connectivity index (χ4v) is 2.45. The number of ether oxygens (including phenoxy) is 1. The Labute approximate surface area is 169 Å². The molecule has 1 aliphatic rings. The summed E-state index contributed by atoms with van der Waals surface area (Å²) in [5.74, 6) is 0.0713. The molecule has 1 aliphatic heterocycles. The molecule has 0 aromatic heterocycles. The first-order chi connectivity index (χ1) is 11.0. The average Bonchev–Trinajstić information content (AvgIpc) is 2.50. The molecule has 0 fully saturated rings. The smallest absolute Gasteiger partial charge is 0.256 e. The van der Waals surface area contributed by atoms with Crippen molar-refractivity contribution < 1.29 is 50.6 Å². The fraction of sp³-hybridized carbons (Fsp3) is 0.294. The van der Waals surface area contributed by atoms with Crippen molar-refractivity contribution in [2.45, 2.75) is 13.3 Å². The maximum Gasteiger partial charge on any atom is 0.256 e. The minimum Gasteiger partial charge on any atom is -0.495 e. The normalized spacial score (nSPS) is 14.2. The van der Waals surface area contributed by atoms with E-state index in [1.54, 1.807) is 19.1 Å². The number of hydrogen-bond donors (Lipinski definition) is 0. The molecule has 7 heteroatoms. The van der Waals surface area contributed by atoms with E-state index >= 15 is 0 Å². The van der Waals surface area contributed by atoms with Crippen molar-refractivity contribution in [3.05, 3.63) is 59.6 Å². The van der Waals surface area contributed by atoms with Gasteiger partial charge in [-0.3, -0.25) is 0 Å². The van der Waals surface area contributed by atoms with Crippen molar-refractivity contribution in [2.24, 2.45) is 0 Å². The van der Waals surface area contributed by atoms with Gasteiger partial charge in [0.2, 0.25) is 0 Å². The van der Waals surface area contributed by atoms with Crippen LogP contribution >= 0.6 is 11.8 Å². The topological polar surface area (TPSA) is 12.5 Å². The maximum absolute atomic E-state index is 14.4. The third-order valence-electron chi connectivity index (χ3n) is 3.34. The minimum atomic E-state index is -2.59. The van der Waals surface area contributed by atoms with Crippen molar-refractivity contribution in [1.82, 2.24) is 4.90 Å².